The van der Waals surface area contributed by atoms with Gasteiger partial charge in [-0.2, -0.15) is 0 Å². The summed E-state index contributed by atoms with van der Waals surface area (Å²) in [5.41, 5.74) is 0.627. The highest BCUT2D eigenvalue weighted by Crippen LogP contribution is 2.28. The molecule has 2 aromatic carbocycles. The van der Waals surface area contributed by atoms with Crippen molar-refractivity contribution < 1.29 is 13.5 Å². The van der Waals surface area contributed by atoms with E-state index >= 15 is 0 Å². The molecule has 0 spiro atoms. The second-order valence-corrected chi connectivity index (χ2v) is 5.17. The van der Waals surface area contributed by atoms with E-state index < -0.39 is 11.6 Å². The third-order valence-electron chi connectivity index (χ3n) is 3.62. The summed E-state index contributed by atoms with van der Waals surface area (Å²) in [6, 6.07) is 13.3. The molecule has 0 aliphatic rings. The van der Waals surface area contributed by atoms with Gasteiger partial charge >= 0.3 is 0 Å². The van der Waals surface area contributed by atoms with Gasteiger partial charge in [-0.25, -0.2) is 8.78 Å². The van der Waals surface area contributed by atoms with Crippen LogP contribution in [0.3, 0.4) is 0 Å². The van der Waals surface area contributed by atoms with Crippen molar-refractivity contribution in [3.8, 4) is 5.75 Å². The number of para-hydroxylation sites is 1. The average molecular weight is 314 g/mol. The number of hydrogen-bond acceptors (Lipinski definition) is 3. The molecule has 0 amide bonds. The number of aromatic nitrogens is 1. The molecule has 118 valence electrons. The van der Waals surface area contributed by atoms with Crippen LogP contribution in [0.25, 0.3) is 10.9 Å². The minimum Gasteiger partial charge on any atom is -0.492 e. The molecule has 23 heavy (non-hydrogen) atoms. The van der Waals surface area contributed by atoms with E-state index in [2.05, 4.69) is 4.98 Å². The van der Waals surface area contributed by atoms with Crippen LogP contribution in [0.2, 0.25) is 0 Å². The number of ether oxygens (including phenoxy) is 1. The van der Waals surface area contributed by atoms with E-state index in [-0.39, 0.29) is 10.9 Å². The minimum atomic E-state index is -0.530. The third kappa shape index (κ3) is 3.23. The molecule has 0 aliphatic carbocycles. The maximum absolute atomic E-state index is 14.1. The number of rotatable bonds is 5. The van der Waals surface area contributed by atoms with Gasteiger partial charge in [-0.05, 0) is 30.3 Å². The van der Waals surface area contributed by atoms with Crippen molar-refractivity contribution in [2.24, 2.45) is 0 Å². The van der Waals surface area contributed by atoms with E-state index in [0.29, 0.717) is 18.8 Å². The van der Waals surface area contributed by atoms with Crippen molar-refractivity contribution in [2.45, 2.75) is 0 Å². The fraction of sp³-hybridized carbons (Fsp3) is 0.167. The summed E-state index contributed by atoms with van der Waals surface area (Å²) in [7, 11) is 1.81. The Morgan fingerprint density at radius 3 is 2.52 bits per heavy atom. The maximum atomic E-state index is 14.1. The summed E-state index contributed by atoms with van der Waals surface area (Å²) in [6.07, 6.45) is 1.48. The fourth-order valence-corrected chi connectivity index (χ4v) is 2.43. The number of halogens is 2. The lowest BCUT2D eigenvalue weighted by Gasteiger charge is -2.21. The number of hydrogen-bond donors (Lipinski definition) is 0. The SMILES string of the molecule is CN(CCOc1ccccc1)c1ccnc2c(F)ccc(F)c12. The Labute approximate surface area is 133 Å². The summed E-state index contributed by atoms with van der Waals surface area (Å²) >= 11 is 0. The molecule has 3 rings (SSSR count). The number of likely N-dealkylation sites (N-methyl/N-ethyl adjacent to an activating group) is 1. The van der Waals surface area contributed by atoms with Crippen LogP contribution in [0, 0.1) is 11.6 Å². The standard InChI is InChI=1S/C18H16F2N2O/c1-22(11-12-23-13-5-3-2-4-6-13)16-9-10-21-18-15(20)8-7-14(19)17(16)18/h2-10H,11-12H2,1H3. The zero-order valence-corrected chi connectivity index (χ0v) is 12.7. The first kappa shape index (κ1) is 15.2. The largest absolute Gasteiger partial charge is 0.492 e. The Hall–Kier alpha value is -2.69. The van der Waals surface area contributed by atoms with Crippen molar-refractivity contribution in [1.29, 1.82) is 0 Å². The van der Waals surface area contributed by atoms with Crippen molar-refractivity contribution >= 4 is 16.6 Å². The molecule has 3 nitrogen and oxygen atoms in total. The molecule has 0 bridgehead atoms. The quantitative estimate of drug-likeness (QED) is 0.711. The first-order valence-electron chi connectivity index (χ1n) is 7.28. The van der Waals surface area contributed by atoms with Gasteiger partial charge in [0.15, 0.2) is 0 Å². The van der Waals surface area contributed by atoms with Gasteiger partial charge in [-0.3, -0.25) is 4.98 Å². The van der Waals surface area contributed by atoms with Gasteiger partial charge in [-0.15, -0.1) is 0 Å². The molecule has 0 atom stereocenters. The van der Waals surface area contributed by atoms with Gasteiger partial charge in [-0.1, -0.05) is 18.2 Å². The summed E-state index contributed by atoms with van der Waals surface area (Å²) < 4.78 is 33.6. The van der Waals surface area contributed by atoms with Crippen LogP contribution in [-0.4, -0.2) is 25.2 Å². The molecular weight excluding hydrogens is 298 g/mol. The number of benzene rings is 2. The van der Waals surface area contributed by atoms with E-state index in [1.807, 2.05) is 42.3 Å². The Bertz CT molecular complexity index is 809. The number of nitrogens with zero attached hydrogens (tertiary/aromatic N) is 2. The third-order valence-corrected chi connectivity index (χ3v) is 3.62. The number of fused-ring (bicyclic) bond motifs is 1. The highest BCUT2D eigenvalue weighted by molar-refractivity contribution is 5.92. The zero-order chi connectivity index (χ0) is 16.2. The van der Waals surface area contributed by atoms with Gasteiger partial charge < -0.3 is 9.64 Å². The van der Waals surface area contributed by atoms with Gasteiger partial charge in [0.2, 0.25) is 0 Å². The van der Waals surface area contributed by atoms with E-state index in [1.165, 1.54) is 6.20 Å². The van der Waals surface area contributed by atoms with Gasteiger partial charge in [0.05, 0.1) is 17.6 Å². The molecule has 0 radical (unpaired) electrons. The van der Waals surface area contributed by atoms with Crippen molar-refractivity contribution in [1.82, 2.24) is 4.98 Å². The van der Waals surface area contributed by atoms with E-state index in [4.69, 9.17) is 4.74 Å². The number of anilines is 1. The second-order valence-electron chi connectivity index (χ2n) is 5.17. The lowest BCUT2D eigenvalue weighted by molar-refractivity contribution is 0.326. The Morgan fingerprint density at radius 1 is 1.00 bits per heavy atom. The van der Waals surface area contributed by atoms with Crippen LogP contribution in [0.1, 0.15) is 0 Å². The molecule has 0 fully saturated rings. The molecule has 3 aromatic rings. The fourth-order valence-electron chi connectivity index (χ4n) is 2.43. The molecule has 0 unspecified atom stereocenters. The normalized spacial score (nSPS) is 10.7. The van der Waals surface area contributed by atoms with Crippen LogP contribution in [0.5, 0.6) is 5.75 Å². The summed E-state index contributed by atoms with van der Waals surface area (Å²) in [5.74, 6) is -0.241. The van der Waals surface area contributed by atoms with Gasteiger partial charge in [0.25, 0.3) is 0 Å². The van der Waals surface area contributed by atoms with Crippen LogP contribution < -0.4 is 9.64 Å². The molecule has 0 N–H and O–H groups in total. The Morgan fingerprint density at radius 2 is 1.74 bits per heavy atom. The van der Waals surface area contributed by atoms with Crippen molar-refractivity contribution in [3.05, 3.63) is 66.4 Å². The van der Waals surface area contributed by atoms with E-state index in [1.54, 1.807) is 6.07 Å². The topological polar surface area (TPSA) is 25.4 Å². The second kappa shape index (κ2) is 6.60. The Balaban J connectivity index is 1.78. The van der Waals surface area contributed by atoms with E-state index in [9.17, 15) is 8.78 Å². The lowest BCUT2D eigenvalue weighted by Crippen LogP contribution is -2.24. The van der Waals surface area contributed by atoms with Gasteiger partial charge in [0, 0.05) is 13.2 Å². The first-order valence-corrected chi connectivity index (χ1v) is 7.28. The van der Waals surface area contributed by atoms with Crippen LogP contribution in [-0.2, 0) is 0 Å². The van der Waals surface area contributed by atoms with Gasteiger partial charge in [0.1, 0.15) is 29.5 Å². The molecule has 0 aliphatic heterocycles. The number of pyridine rings is 1. The molecule has 0 saturated heterocycles. The van der Waals surface area contributed by atoms with Crippen LogP contribution >= 0.6 is 0 Å². The Kier molecular flexibility index (Phi) is 4.37. The summed E-state index contributed by atoms with van der Waals surface area (Å²) in [6.45, 7) is 0.964. The molecule has 1 aromatic heterocycles. The predicted molar refractivity (Wildman–Crippen MR) is 86.9 cm³/mol. The van der Waals surface area contributed by atoms with E-state index in [0.717, 1.165) is 17.9 Å². The average Bonchev–Trinajstić information content (AvgIpc) is 2.58. The predicted octanol–water partition coefficient (Wildman–Crippen LogP) is 4.03. The lowest BCUT2D eigenvalue weighted by atomic mass is 10.1. The minimum absolute atomic E-state index is 0.0401. The van der Waals surface area contributed by atoms with Crippen molar-refractivity contribution in [2.75, 3.05) is 25.1 Å². The molecular formula is C18H16F2N2O. The monoisotopic (exact) mass is 314 g/mol. The van der Waals surface area contributed by atoms with Crippen molar-refractivity contribution in [3.63, 3.8) is 0 Å². The maximum Gasteiger partial charge on any atom is 0.149 e. The zero-order valence-electron chi connectivity index (χ0n) is 12.7. The smallest absolute Gasteiger partial charge is 0.149 e. The highest BCUT2D eigenvalue weighted by atomic mass is 19.1. The first-order chi connectivity index (χ1) is 11.2. The summed E-state index contributed by atoms with van der Waals surface area (Å²) in [5, 5.41) is 0.190. The highest BCUT2D eigenvalue weighted by Gasteiger charge is 2.14. The molecule has 1 heterocycles. The molecule has 5 heteroatoms. The van der Waals surface area contributed by atoms with Crippen LogP contribution in [0.4, 0.5) is 14.5 Å². The van der Waals surface area contributed by atoms with Crippen LogP contribution in [0.15, 0.2) is 54.7 Å². The summed E-state index contributed by atoms with van der Waals surface area (Å²) in [4.78, 5) is 5.77. The molecule has 0 saturated carbocycles.